The zero-order chi connectivity index (χ0) is 21.0. The second-order valence-electron chi connectivity index (χ2n) is 7.32. The molecule has 0 spiro atoms. The molecule has 0 unspecified atom stereocenters. The molecule has 0 radical (unpaired) electrons. The Kier molecular flexibility index (Phi) is 6.36. The number of carbonyl (C=O) groups is 1. The standard InChI is InChI=1S/C20H27N5O3S/c1-4-13(2)18(20(26)21-11-7-8-15-12-22-24-14(15)3)23-19-16-9-5-6-10-17(16)29(27,28)25-19/h5-6,9-10,12-13,18H,4,7-8,11H2,1-3H3,(H,21,26)(H,22,24)(H,23,25)/t13-,18-/m0/s1. The summed E-state index contributed by atoms with van der Waals surface area (Å²) < 4.78 is 27.1. The predicted molar refractivity (Wildman–Crippen MR) is 111 cm³/mol. The first-order chi connectivity index (χ1) is 13.8. The lowest BCUT2D eigenvalue weighted by atomic mass is 9.98. The van der Waals surface area contributed by atoms with Crippen molar-refractivity contribution in [1.82, 2.24) is 20.2 Å². The Morgan fingerprint density at radius 2 is 2.07 bits per heavy atom. The summed E-state index contributed by atoms with van der Waals surface area (Å²) in [6, 6.07) is 6.00. The van der Waals surface area contributed by atoms with Gasteiger partial charge in [0.05, 0.1) is 11.1 Å². The zero-order valence-corrected chi connectivity index (χ0v) is 17.7. The highest BCUT2D eigenvalue weighted by atomic mass is 32.2. The van der Waals surface area contributed by atoms with Crippen LogP contribution in [-0.2, 0) is 21.2 Å². The van der Waals surface area contributed by atoms with Crippen LogP contribution in [0.4, 0.5) is 0 Å². The zero-order valence-electron chi connectivity index (χ0n) is 16.9. The molecule has 1 aliphatic heterocycles. The molecule has 8 nitrogen and oxygen atoms in total. The second kappa shape index (κ2) is 8.77. The van der Waals surface area contributed by atoms with Gasteiger partial charge in [0.15, 0.2) is 0 Å². The van der Waals surface area contributed by atoms with Gasteiger partial charge in [-0.1, -0.05) is 32.4 Å². The van der Waals surface area contributed by atoms with Crippen molar-refractivity contribution in [2.75, 3.05) is 6.54 Å². The Balaban J connectivity index is 1.71. The van der Waals surface area contributed by atoms with Crippen molar-refractivity contribution in [2.45, 2.75) is 51.0 Å². The molecular weight excluding hydrogens is 390 g/mol. The quantitative estimate of drug-likeness (QED) is 0.569. The van der Waals surface area contributed by atoms with E-state index in [-0.39, 0.29) is 22.6 Å². The van der Waals surface area contributed by atoms with Crippen LogP contribution in [0.25, 0.3) is 0 Å². The number of nitrogens with one attached hydrogen (secondary N) is 3. The number of H-pyrrole nitrogens is 1. The molecule has 3 N–H and O–H groups in total. The van der Waals surface area contributed by atoms with E-state index in [1.54, 1.807) is 24.4 Å². The summed E-state index contributed by atoms with van der Waals surface area (Å²) in [5.74, 6) is 0.00491. The van der Waals surface area contributed by atoms with Gasteiger partial charge in [-0.15, -0.1) is 0 Å². The molecule has 0 saturated carbocycles. The molecule has 0 saturated heterocycles. The number of sulfonamides is 1. The number of fused-ring (bicyclic) bond motifs is 1. The van der Waals surface area contributed by atoms with Crippen LogP contribution in [0.5, 0.6) is 0 Å². The van der Waals surface area contributed by atoms with E-state index in [0.717, 1.165) is 30.5 Å². The molecule has 3 rings (SSSR count). The van der Waals surface area contributed by atoms with Crippen molar-refractivity contribution in [3.63, 3.8) is 0 Å². The third-order valence-electron chi connectivity index (χ3n) is 5.24. The van der Waals surface area contributed by atoms with Crippen LogP contribution < -0.4 is 10.0 Å². The molecule has 156 valence electrons. The number of hydrogen-bond donors (Lipinski definition) is 3. The minimum atomic E-state index is -3.63. The number of rotatable bonds is 8. The maximum atomic E-state index is 12.8. The van der Waals surface area contributed by atoms with E-state index >= 15 is 0 Å². The number of carbonyl (C=O) groups excluding carboxylic acids is 1. The number of aromatic nitrogens is 2. The first kappa shape index (κ1) is 21.0. The van der Waals surface area contributed by atoms with Gasteiger partial charge in [-0.3, -0.25) is 19.6 Å². The van der Waals surface area contributed by atoms with Crippen molar-refractivity contribution in [3.05, 3.63) is 47.3 Å². The molecular formula is C20H27N5O3S. The third-order valence-corrected chi connectivity index (χ3v) is 6.64. The Labute approximate surface area is 171 Å². The lowest BCUT2D eigenvalue weighted by Crippen LogP contribution is -2.39. The lowest BCUT2D eigenvalue weighted by molar-refractivity contribution is -0.123. The van der Waals surface area contributed by atoms with Crippen molar-refractivity contribution in [1.29, 1.82) is 0 Å². The van der Waals surface area contributed by atoms with E-state index in [1.165, 1.54) is 6.07 Å². The van der Waals surface area contributed by atoms with Crippen LogP contribution >= 0.6 is 0 Å². The summed E-state index contributed by atoms with van der Waals surface area (Å²) in [6.45, 7) is 6.41. The molecule has 1 aromatic heterocycles. The largest absolute Gasteiger partial charge is 0.354 e. The van der Waals surface area contributed by atoms with Crippen molar-refractivity contribution in [3.8, 4) is 0 Å². The van der Waals surface area contributed by atoms with Crippen molar-refractivity contribution < 1.29 is 13.2 Å². The number of aryl methyl sites for hydroxylation is 2. The van der Waals surface area contributed by atoms with Crippen LogP contribution in [0.3, 0.4) is 0 Å². The normalized spacial score (nSPS) is 18.1. The van der Waals surface area contributed by atoms with Crippen LogP contribution in [0, 0.1) is 12.8 Å². The smallest absolute Gasteiger partial charge is 0.263 e. The number of amidine groups is 1. The number of amides is 1. The first-order valence-corrected chi connectivity index (χ1v) is 11.3. The maximum absolute atomic E-state index is 12.8. The van der Waals surface area contributed by atoms with Gasteiger partial charge in [-0.2, -0.15) is 5.10 Å². The molecule has 9 heteroatoms. The van der Waals surface area contributed by atoms with E-state index < -0.39 is 16.1 Å². The summed E-state index contributed by atoms with van der Waals surface area (Å²) in [5.41, 5.74) is 2.67. The highest BCUT2D eigenvalue weighted by Gasteiger charge is 2.32. The van der Waals surface area contributed by atoms with Gasteiger partial charge in [-0.05, 0) is 43.4 Å². The number of aromatic amines is 1. The van der Waals surface area contributed by atoms with Crippen LogP contribution in [-0.4, -0.2) is 42.9 Å². The summed E-state index contributed by atoms with van der Waals surface area (Å²) in [6.07, 6.45) is 4.15. The topological polar surface area (TPSA) is 116 Å². The molecule has 1 amide bonds. The van der Waals surface area contributed by atoms with Crippen LogP contribution in [0.15, 0.2) is 40.4 Å². The molecule has 29 heavy (non-hydrogen) atoms. The Hall–Kier alpha value is -2.68. The maximum Gasteiger partial charge on any atom is 0.263 e. The van der Waals surface area contributed by atoms with Gasteiger partial charge in [0.1, 0.15) is 11.9 Å². The third kappa shape index (κ3) is 4.67. The van der Waals surface area contributed by atoms with Gasteiger partial charge in [-0.25, -0.2) is 8.42 Å². The Morgan fingerprint density at radius 3 is 2.76 bits per heavy atom. The number of benzene rings is 1. The minimum absolute atomic E-state index is 0.0316. The second-order valence-corrected chi connectivity index (χ2v) is 8.98. The number of aliphatic imine (C=N–C) groups is 1. The molecule has 2 heterocycles. The van der Waals surface area contributed by atoms with Gasteiger partial charge >= 0.3 is 0 Å². The highest BCUT2D eigenvalue weighted by Crippen LogP contribution is 2.24. The average Bonchev–Trinajstić information content (AvgIpc) is 3.23. The van der Waals surface area contributed by atoms with E-state index in [1.807, 2.05) is 20.8 Å². The fraction of sp³-hybridized carbons (Fsp3) is 0.450. The summed E-state index contributed by atoms with van der Waals surface area (Å²) in [7, 11) is -3.63. The number of nitrogens with zero attached hydrogens (tertiary/aromatic N) is 2. The number of hydrogen-bond acceptors (Lipinski definition) is 5. The van der Waals surface area contributed by atoms with Crippen molar-refractivity contribution >= 4 is 21.8 Å². The molecule has 1 aliphatic rings. The SMILES string of the molecule is CC[C@H](C)[C@H](N=C1NS(=O)(=O)c2ccccc21)C(=O)NCCCc1cn[nH]c1C. The molecule has 0 fully saturated rings. The fourth-order valence-electron chi connectivity index (χ4n) is 3.26. The summed E-state index contributed by atoms with van der Waals surface area (Å²) >= 11 is 0. The monoisotopic (exact) mass is 417 g/mol. The first-order valence-electron chi connectivity index (χ1n) is 9.80. The van der Waals surface area contributed by atoms with Gasteiger partial charge < -0.3 is 5.32 Å². The average molecular weight is 418 g/mol. The van der Waals surface area contributed by atoms with Crippen LogP contribution in [0.1, 0.15) is 43.5 Å². The fourth-order valence-corrected chi connectivity index (χ4v) is 4.50. The van der Waals surface area contributed by atoms with E-state index in [4.69, 9.17) is 0 Å². The molecule has 0 aliphatic carbocycles. The Morgan fingerprint density at radius 1 is 1.31 bits per heavy atom. The Bertz CT molecular complexity index is 1010. The predicted octanol–water partition coefficient (Wildman–Crippen LogP) is 1.92. The van der Waals surface area contributed by atoms with Crippen molar-refractivity contribution in [2.24, 2.45) is 10.9 Å². The molecule has 2 atom stereocenters. The van der Waals surface area contributed by atoms with E-state index in [2.05, 4.69) is 25.2 Å². The highest BCUT2D eigenvalue weighted by molar-refractivity contribution is 7.90. The lowest BCUT2D eigenvalue weighted by Gasteiger charge is -2.19. The molecule has 2 aromatic rings. The van der Waals surface area contributed by atoms with Gasteiger partial charge in [0.2, 0.25) is 5.91 Å². The van der Waals surface area contributed by atoms with Gasteiger partial charge in [0, 0.05) is 17.8 Å². The van der Waals surface area contributed by atoms with E-state index in [0.29, 0.717) is 12.1 Å². The minimum Gasteiger partial charge on any atom is -0.354 e. The van der Waals surface area contributed by atoms with Gasteiger partial charge in [0.25, 0.3) is 10.0 Å². The van der Waals surface area contributed by atoms with Crippen LogP contribution in [0.2, 0.25) is 0 Å². The summed E-state index contributed by atoms with van der Waals surface area (Å²) in [4.78, 5) is 17.5. The summed E-state index contributed by atoms with van der Waals surface area (Å²) in [5, 5.41) is 9.85. The van der Waals surface area contributed by atoms with E-state index in [9.17, 15) is 13.2 Å². The molecule has 0 bridgehead atoms. The molecule has 1 aromatic carbocycles.